The van der Waals surface area contributed by atoms with E-state index in [9.17, 15) is 0 Å². The third kappa shape index (κ3) is 4.74. The van der Waals surface area contributed by atoms with Crippen molar-refractivity contribution in [3.63, 3.8) is 0 Å². The van der Waals surface area contributed by atoms with Crippen LogP contribution in [0.1, 0.15) is 34.1 Å². The van der Waals surface area contributed by atoms with Crippen molar-refractivity contribution in [2.75, 3.05) is 18.9 Å². The lowest BCUT2D eigenvalue weighted by atomic mass is 10.0. The van der Waals surface area contributed by atoms with E-state index < -0.39 is 0 Å². The van der Waals surface area contributed by atoms with E-state index in [2.05, 4.69) is 31.1 Å². The van der Waals surface area contributed by atoms with E-state index in [1.54, 1.807) is 0 Å². The summed E-state index contributed by atoms with van der Waals surface area (Å²) >= 11 is 1.83. The quantitative estimate of drug-likeness (QED) is 0.807. The summed E-state index contributed by atoms with van der Waals surface area (Å²) in [7, 11) is 0. The summed E-state index contributed by atoms with van der Waals surface area (Å²) in [6.45, 7) is 10.1. The molecule has 4 heteroatoms. The number of aliphatic imine (C=N–C) groups is 1. The number of thioether (sulfide) groups is 1. The minimum Gasteiger partial charge on any atom is -0.377 e. The van der Waals surface area contributed by atoms with E-state index >= 15 is 0 Å². The van der Waals surface area contributed by atoms with Gasteiger partial charge in [0.25, 0.3) is 0 Å². The second-order valence-corrected chi connectivity index (χ2v) is 5.63. The molecule has 3 nitrogen and oxygen atoms in total. The summed E-state index contributed by atoms with van der Waals surface area (Å²) in [5, 5.41) is 4.60. The number of nitrogens with one attached hydrogen (secondary N) is 1. The Bertz CT molecular complexity index is 231. The lowest BCUT2D eigenvalue weighted by Crippen LogP contribution is -2.41. The zero-order chi connectivity index (χ0) is 12.0. The maximum atomic E-state index is 5.46. The first kappa shape index (κ1) is 13.8. The largest absolute Gasteiger partial charge is 0.377 e. The zero-order valence-electron chi connectivity index (χ0n) is 10.8. The lowest BCUT2D eigenvalue weighted by Gasteiger charge is -2.28. The number of amidine groups is 1. The molecule has 1 aliphatic heterocycles. The van der Waals surface area contributed by atoms with Crippen molar-refractivity contribution >= 4 is 16.9 Å². The zero-order valence-corrected chi connectivity index (χ0v) is 11.6. The van der Waals surface area contributed by atoms with Gasteiger partial charge >= 0.3 is 0 Å². The molecule has 2 unspecified atom stereocenters. The van der Waals surface area contributed by atoms with Crippen molar-refractivity contribution in [1.29, 1.82) is 0 Å². The van der Waals surface area contributed by atoms with Gasteiger partial charge in [-0.05, 0) is 26.2 Å². The van der Waals surface area contributed by atoms with Crippen LogP contribution in [-0.2, 0) is 4.74 Å². The Morgan fingerprint density at radius 2 is 2.25 bits per heavy atom. The Labute approximate surface area is 103 Å². The fourth-order valence-electron chi connectivity index (χ4n) is 1.69. The predicted molar refractivity (Wildman–Crippen MR) is 72.2 cm³/mol. The summed E-state index contributed by atoms with van der Waals surface area (Å²) in [4.78, 5) is 4.58. The van der Waals surface area contributed by atoms with E-state index in [0.29, 0.717) is 12.0 Å². The molecule has 1 saturated heterocycles. The molecule has 1 rings (SSSR count). The second kappa shape index (κ2) is 7.17. The molecule has 2 atom stereocenters. The molecule has 0 aromatic carbocycles. The van der Waals surface area contributed by atoms with Gasteiger partial charge in [0.2, 0.25) is 0 Å². The lowest BCUT2D eigenvalue weighted by molar-refractivity contribution is 0.0829. The first-order chi connectivity index (χ1) is 7.63. The smallest absolute Gasteiger partial charge is 0.156 e. The molecular weight excluding hydrogens is 220 g/mol. The number of hydrogen-bond acceptors (Lipinski definition) is 3. The molecule has 1 N–H and O–H groups in total. The van der Waals surface area contributed by atoms with Crippen LogP contribution in [0.3, 0.4) is 0 Å². The molecular formula is C12H24N2OS. The molecule has 0 saturated carbocycles. The van der Waals surface area contributed by atoms with Crippen LogP contribution in [0.2, 0.25) is 0 Å². The minimum atomic E-state index is 0.222. The molecule has 0 aliphatic carbocycles. The van der Waals surface area contributed by atoms with Gasteiger partial charge in [-0.3, -0.25) is 4.99 Å². The van der Waals surface area contributed by atoms with Crippen molar-refractivity contribution in [2.45, 2.75) is 46.3 Å². The van der Waals surface area contributed by atoms with Gasteiger partial charge in [-0.15, -0.1) is 0 Å². The Kier molecular flexibility index (Phi) is 6.21. The first-order valence-electron chi connectivity index (χ1n) is 6.18. The minimum absolute atomic E-state index is 0.222. The van der Waals surface area contributed by atoms with Gasteiger partial charge in [0.15, 0.2) is 5.17 Å². The Balaban J connectivity index is 2.37. The van der Waals surface area contributed by atoms with E-state index in [1.165, 1.54) is 12.2 Å². The molecule has 0 spiro atoms. The standard InChI is InChI=1S/C12H24N2OS/c1-5-15-10(4)8-13-12-14-11(9(2)3)6-7-16-12/h9-11H,5-8H2,1-4H3,(H,13,14). The van der Waals surface area contributed by atoms with Crippen molar-refractivity contribution in [1.82, 2.24) is 5.32 Å². The van der Waals surface area contributed by atoms with Gasteiger partial charge in [-0.25, -0.2) is 0 Å². The summed E-state index contributed by atoms with van der Waals surface area (Å²) in [5.74, 6) is 1.85. The van der Waals surface area contributed by atoms with Gasteiger partial charge in [0.05, 0.1) is 12.6 Å². The highest BCUT2D eigenvalue weighted by molar-refractivity contribution is 8.13. The summed E-state index contributed by atoms with van der Waals surface area (Å²) in [6, 6.07) is 0.586. The van der Waals surface area contributed by atoms with Gasteiger partial charge < -0.3 is 10.1 Å². The molecule has 0 amide bonds. The Hall–Kier alpha value is -0.220. The van der Waals surface area contributed by atoms with Crippen LogP contribution in [0, 0.1) is 5.92 Å². The van der Waals surface area contributed by atoms with Crippen LogP contribution >= 0.6 is 11.8 Å². The molecule has 0 radical (unpaired) electrons. The van der Waals surface area contributed by atoms with Crippen molar-refractivity contribution in [3.05, 3.63) is 0 Å². The number of nitrogens with zero attached hydrogens (tertiary/aromatic N) is 1. The molecule has 1 aliphatic rings. The van der Waals surface area contributed by atoms with Crippen molar-refractivity contribution in [3.8, 4) is 0 Å². The molecule has 94 valence electrons. The first-order valence-corrected chi connectivity index (χ1v) is 7.17. The topological polar surface area (TPSA) is 33.6 Å². The van der Waals surface area contributed by atoms with Gasteiger partial charge in [0.1, 0.15) is 0 Å². The highest BCUT2D eigenvalue weighted by atomic mass is 32.2. The van der Waals surface area contributed by atoms with Crippen molar-refractivity contribution in [2.24, 2.45) is 10.9 Å². The number of rotatable bonds is 5. The average molecular weight is 244 g/mol. The summed E-state index contributed by atoms with van der Waals surface area (Å²) in [5.41, 5.74) is 0. The third-order valence-corrected chi connectivity index (χ3v) is 3.68. The normalized spacial score (nSPS) is 25.8. The van der Waals surface area contributed by atoms with E-state index in [0.717, 1.165) is 18.3 Å². The Morgan fingerprint density at radius 1 is 1.50 bits per heavy atom. The van der Waals surface area contributed by atoms with Crippen LogP contribution in [0.25, 0.3) is 0 Å². The Morgan fingerprint density at radius 3 is 2.88 bits per heavy atom. The third-order valence-electron chi connectivity index (χ3n) is 2.72. The fraction of sp³-hybridized carbons (Fsp3) is 0.917. The molecule has 0 aromatic rings. The van der Waals surface area contributed by atoms with E-state index in [1.807, 2.05) is 18.7 Å². The summed E-state index contributed by atoms with van der Waals surface area (Å²) < 4.78 is 5.46. The van der Waals surface area contributed by atoms with E-state index in [4.69, 9.17) is 4.74 Å². The van der Waals surface area contributed by atoms with Crippen LogP contribution in [0.4, 0.5) is 0 Å². The maximum Gasteiger partial charge on any atom is 0.156 e. The number of hydrogen-bond donors (Lipinski definition) is 1. The molecule has 1 heterocycles. The monoisotopic (exact) mass is 244 g/mol. The summed E-state index contributed by atoms with van der Waals surface area (Å²) in [6.07, 6.45) is 1.46. The van der Waals surface area contributed by atoms with Crippen molar-refractivity contribution < 1.29 is 4.74 Å². The SMILES string of the molecule is CCOC(C)CN=C1NC(C(C)C)CCS1. The van der Waals surface area contributed by atoms with Gasteiger partial charge in [-0.2, -0.15) is 0 Å². The van der Waals surface area contributed by atoms with Gasteiger partial charge in [-0.1, -0.05) is 25.6 Å². The van der Waals surface area contributed by atoms with Crippen LogP contribution < -0.4 is 5.32 Å². The maximum absolute atomic E-state index is 5.46. The fourth-order valence-corrected chi connectivity index (χ4v) is 2.66. The molecule has 16 heavy (non-hydrogen) atoms. The predicted octanol–water partition coefficient (Wildman–Crippen LogP) is 2.52. The molecule has 1 fully saturated rings. The van der Waals surface area contributed by atoms with Crippen LogP contribution in [0.5, 0.6) is 0 Å². The molecule has 0 aromatic heterocycles. The van der Waals surface area contributed by atoms with Crippen LogP contribution in [0.15, 0.2) is 4.99 Å². The average Bonchev–Trinajstić information content (AvgIpc) is 2.27. The highest BCUT2D eigenvalue weighted by Crippen LogP contribution is 2.18. The molecule has 0 bridgehead atoms. The van der Waals surface area contributed by atoms with Gasteiger partial charge in [0, 0.05) is 18.4 Å². The highest BCUT2D eigenvalue weighted by Gasteiger charge is 2.20. The number of ether oxygens (including phenoxy) is 1. The van der Waals surface area contributed by atoms with Crippen LogP contribution in [-0.4, -0.2) is 36.2 Å². The second-order valence-electron chi connectivity index (χ2n) is 4.54. The van der Waals surface area contributed by atoms with E-state index in [-0.39, 0.29) is 6.10 Å².